The summed E-state index contributed by atoms with van der Waals surface area (Å²) in [4.78, 5) is 24.2. The van der Waals surface area contributed by atoms with E-state index in [1.807, 2.05) is 73.3 Å². The first-order chi connectivity index (χ1) is 14.7. The second-order valence-corrected chi connectivity index (χ2v) is 7.00. The molecular formula is C24H26N4O2. The minimum atomic E-state index is -1.13. The van der Waals surface area contributed by atoms with Gasteiger partial charge in [-0.2, -0.15) is 5.26 Å². The maximum atomic E-state index is 12.7. The first-order valence-electron chi connectivity index (χ1n) is 10.3. The highest BCUT2D eigenvalue weighted by Gasteiger charge is 2.29. The van der Waals surface area contributed by atoms with Crippen molar-refractivity contribution in [3.05, 3.63) is 65.9 Å². The van der Waals surface area contributed by atoms with Crippen LogP contribution in [-0.4, -0.2) is 29.1 Å². The van der Waals surface area contributed by atoms with Crippen molar-refractivity contribution in [1.29, 1.82) is 5.26 Å². The molecule has 6 nitrogen and oxygen atoms in total. The summed E-state index contributed by atoms with van der Waals surface area (Å²) in [5, 5.41) is 9.81. The summed E-state index contributed by atoms with van der Waals surface area (Å²) in [6.45, 7) is 5.58. The molecule has 0 fully saturated rings. The summed E-state index contributed by atoms with van der Waals surface area (Å²) in [6, 6.07) is 19.6. The fraction of sp³-hybridized carbons (Fsp3) is 0.333. The molecule has 0 N–H and O–H groups in total. The van der Waals surface area contributed by atoms with E-state index in [1.165, 1.54) is 0 Å². The predicted octanol–water partition coefficient (Wildman–Crippen LogP) is 4.61. The Hall–Kier alpha value is -3.46. The molecule has 0 amide bonds. The number of anilines is 1. The zero-order chi connectivity index (χ0) is 21.3. The molecule has 0 spiro atoms. The Morgan fingerprint density at radius 1 is 1.07 bits per heavy atom. The lowest BCUT2D eigenvalue weighted by Crippen LogP contribution is -2.27. The molecule has 1 aromatic heterocycles. The van der Waals surface area contributed by atoms with Crippen LogP contribution in [0.25, 0.3) is 11.0 Å². The van der Waals surface area contributed by atoms with Crippen molar-refractivity contribution >= 4 is 22.8 Å². The number of carbonyl (C=O) groups excluding carboxylic acids is 1. The molecule has 30 heavy (non-hydrogen) atoms. The van der Waals surface area contributed by atoms with E-state index >= 15 is 0 Å². The number of hydrogen-bond donors (Lipinski definition) is 0. The molecule has 0 aliphatic rings. The number of para-hydroxylation sites is 2. The number of esters is 1. The molecule has 3 aromatic rings. The summed E-state index contributed by atoms with van der Waals surface area (Å²) in [7, 11) is 0. The van der Waals surface area contributed by atoms with Crippen LogP contribution in [0.4, 0.5) is 5.82 Å². The topological polar surface area (TPSA) is 79.1 Å². The van der Waals surface area contributed by atoms with Gasteiger partial charge >= 0.3 is 5.97 Å². The van der Waals surface area contributed by atoms with Gasteiger partial charge in [-0.05, 0) is 31.0 Å². The zero-order valence-electron chi connectivity index (χ0n) is 17.4. The standard InChI is InChI=1S/C24H26N4O2/c1-3-5-15-30-24(29)19(16-25)22-23(27-21-14-10-9-13-20(21)26-22)28(4-2)17-18-11-7-6-8-12-18/h6-14,19H,3-5,15,17H2,1-2H3/t19-/m1/s1. The Kier molecular flexibility index (Phi) is 7.34. The molecule has 0 aliphatic carbocycles. The van der Waals surface area contributed by atoms with E-state index in [0.717, 1.165) is 23.9 Å². The third kappa shape index (κ3) is 4.93. The van der Waals surface area contributed by atoms with Crippen LogP contribution in [0.1, 0.15) is 43.9 Å². The minimum absolute atomic E-state index is 0.297. The molecule has 6 heteroatoms. The number of ether oxygens (including phenoxy) is 1. The van der Waals surface area contributed by atoms with Crippen LogP contribution in [0, 0.1) is 11.3 Å². The van der Waals surface area contributed by atoms with Crippen molar-refractivity contribution in [3.8, 4) is 6.07 Å². The summed E-state index contributed by atoms with van der Waals surface area (Å²) in [6.07, 6.45) is 1.67. The van der Waals surface area contributed by atoms with E-state index in [0.29, 0.717) is 36.7 Å². The second-order valence-electron chi connectivity index (χ2n) is 7.00. The van der Waals surface area contributed by atoms with Gasteiger partial charge in [0.05, 0.1) is 23.7 Å². The van der Waals surface area contributed by atoms with Crippen molar-refractivity contribution in [3.63, 3.8) is 0 Å². The summed E-state index contributed by atoms with van der Waals surface area (Å²) in [5.74, 6) is -1.16. The van der Waals surface area contributed by atoms with Gasteiger partial charge in [-0.1, -0.05) is 55.8 Å². The number of hydrogen-bond acceptors (Lipinski definition) is 6. The van der Waals surface area contributed by atoms with E-state index in [-0.39, 0.29) is 0 Å². The van der Waals surface area contributed by atoms with Gasteiger partial charge in [0.25, 0.3) is 0 Å². The van der Waals surface area contributed by atoms with Crippen LogP contribution in [0.5, 0.6) is 0 Å². The lowest BCUT2D eigenvalue weighted by atomic mass is 10.1. The molecule has 0 unspecified atom stereocenters. The number of benzene rings is 2. The molecule has 1 atom stereocenters. The number of nitrogens with zero attached hydrogens (tertiary/aromatic N) is 4. The number of aromatic nitrogens is 2. The number of nitriles is 1. The monoisotopic (exact) mass is 402 g/mol. The molecule has 0 radical (unpaired) electrons. The highest BCUT2D eigenvalue weighted by Crippen LogP contribution is 2.29. The van der Waals surface area contributed by atoms with Crippen LogP contribution >= 0.6 is 0 Å². The third-order valence-electron chi connectivity index (χ3n) is 4.86. The third-order valence-corrected chi connectivity index (χ3v) is 4.86. The fourth-order valence-corrected chi connectivity index (χ4v) is 3.20. The van der Waals surface area contributed by atoms with Crippen LogP contribution in [0.2, 0.25) is 0 Å². The van der Waals surface area contributed by atoms with E-state index < -0.39 is 11.9 Å². The molecule has 154 valence electrons. The van der Waals surface area contributed by atoms with Crippen LogP contribution in [0.3, 0.4) is 0 Å². The summed E-state index contributed by atoms with van der Waals surface area (Å²) >= 11 is 0. The number of carbonyl (C=O) groups is 1. The van der Waals surface area contributed by atoms with Crippen molar-refractivity contribution in [2.24, 2.45) is 0 Å². The van der Waals surface area contributed by atoms with Crippen molar-refractivity contribution in [2.75, 3.05) is 18.1 Å². The van der Waals surface area contributed by atoms with E-state index in [1.54, 1.807) is 0 Å². The highest BCUT2D eigenvalue weighted by atomic mass is 16.5. The first-order valence-corrected chi connectivity index (χ1v) is 10.3. The number of unbranched alkanes of at least 4 members (excludes halogenated alkanes) is 1. The Morgan fingerprint density at radius 3 is 2.37 bits per heavy atom. The maximum Gasteiger partial charge on any atom is 0.329 e. The zero-order valence-corrected chi connectivity index (χ0v) is 17.4. The van der Waals surface area contributed by atoms with E-state index in [9.17, 15) is 10.1 Å². The molecule has 2 aromatic carbocycles. The van der Waals surface area contributed by atoms with Gasteiger partial charge in [0.15, 0.2) is 11.7 Å². The lowest BCUT2D eigenvalue weighted by molar-refractivity contribution is -0.144. The molecule has 0 aliphatic heterocycles. The Balaban J connectivity index is 2.04. The average molecular weight is 402 g/mol. The quantitative estimate of drug-likeness (QED) is 0.384. The van der Waals surface area contributed by atoms with E-state index in [2.05, 4.69) is 11.1 Å². The normalized spacial score (nSPS) is 11.6. The lowest BCUT2D eigenvalue weighted by Gasteiger charge is -2.25. The Bertz CT molecular complexity index is 1030. The Morgan fingerprint density at radius 2 is 1.73 bits per heavy atom. The number of rotatable bonds is 9. The van der Waals surface area contributed by atoms with Gasteiger partial charge in [-0.3, -0.25) is 4.79 Å². The van der Waals surface area contributed by atoms with Crippen LogP contribution in [-0.2, 0) is 16.1 Å². The molecule has 1 heterocycles. The van der Waals surface area contributed by atoms with Crippen molar-refractivity contribution in [2.45, 2.75) is 39.2 Å². The maximum absolute atomic E-state index is 12.7. The second kappa shape index (κ2) is 10.4. The number of fused-ring (bicyclic) bond motifs is 1. The first kappa shape index (κ1) is 21.3. The van der Waals surface area contributed by atoms with Gasteiger partial charge in [0.2, 0.25) is 0 Å². The molecule has 0 bridgehead atoms. The summed E-state index contributed by atoms with van der Waals surface area (Å²) < 4.78 is 5.34. The van der Waals surface area contributed by atoms with Crippen molar-refractivity contribution < 1.29 is 9.53 Å². The smallest absolute Gasteiger partial charge is 0.329 e. The molecule has 0 saturated heterocycles. The van der Waals surface area contributed by atoms with Gasteiger partial charge in [-0.15, -0.1) is 0 Å². The predicted molar refractivity (Wildman–Crippen MR) is 117 cm³/mol. The van der Waals surface area contributed by atoms with Gasteiger partial charge in [0.1, 0.15) is 5.69 Å². The molecular weight excluding hydrogens is 376 g/mol. The molecule has 0 saturated carbocycles. The van der Waals surface area contributed by atoms with Crippen LogP contribution in [0.15, 0.2) is 54.6 Å². The van der Waals surface area contributed by atoms with Gasteiger partial charge in [-0.25, -0.2) is 9.97 Å². The fourth-order valence-electron chi connectivity index (χ4n) is 3.20. The molecule has 3 rings (SSSR count). The Labute approximate surface area is 177 Å². The SMILES string of the molecule is CCCCOC(=O)[C@H](C#N)c1nc2ccccc2nc1N(CC)Cc1ccccc1. The average Bonchev–Trinajstić information content (AvgIpc) is 2.78. The van der Waals surface area contributed by atoms with E-state index in [4.69, 9.17) is 9.72 Å². The highest BCUT2D eigenvalue weighted by molar-refractivity contribution is 5.85. The van der Waals surface area contributed by atoms with Gasteiger partial charge in [0, 0.05) is 13.1 Å². The van der Waals surface area contributed by atoms with Gasteiger partial charge < -0.3 is 9.64 Å². The summed E-state index contributed by atoms with van der Waals surface area (Å²) in [5.41, 5.74) is 2.82. The largest absolute Gasteiger partial charge is 0.464 e. The minimum Gasteiger partial charge on any atom is -0.464 e. The van der Waals surface area contributed by atoms with Crippen LogP contribution < -0.4 is 4.90 Å². The van der Waals surface area contributed by atoms with Crippen molar-refractivity contribution in [1.82, 2.24) is 9.97 Å².